The van der Waals surface area contributed by atoms with Crippen LogP contribution >= 0.6 is 0 Å². The van der Waals surface area contributed by atoms with Crippen LogP contribution in [0, 0.1) is 0 Å². The van der Waals surface area contributed by atoms with Gasteiger partial charge in [-0.25, -0.2) is 9.59 Å². The maximum absolute atomic E-state index is 12.4. The van der Waals surface area contributed by atoms with Crippen molar-refractivity contribution in [1.82, 2.24) is 10.2 Å². The van der Waals surface area contributed by atoms with Crippen LogP contribution in [0.3, 0.4) is 0 Å². The largest absolute Gasteiger partial charge is 0.465 e. The van der Waals surface area contributed by atoms with E-state index in [4.69, 9.17) is 8.83 Å². The first-order chi connectivity index (χ1) is 12.5. The number of imide groups is 1. The third-order valence-electron chi connectivity index (χ3n) is 3.61. The second kappa shape index (κ2) is 7.14. The molecule has 0 bridgehead atoms. The van der Waals surface area contributed by atoms with E-state index in [0.717, 1.165) is 10.5 Å². The van der Waals surface area contributed by atoms with Crippen molar-refractivity contribution in [3.05, 3.63) is 65.2 Å². The first-order valence-corrected chi connectivity index (χ1v) is 7.71. The quantitative estimate of drug-likeness (QED) is 0.502. The van der Waals surface area contributed by atoms with Crippen molar-refractivity contribution in [2.75, 3.05) is 7.11 Å². The van der Waals surface area contributed by atoms with Crippen molar-refractivity contribution in [2.45, 2.75) is 13.5 Å². The first-order valence-electron chi connectivity index (χ1n) is 7.71. The lowest BCUT2D eigenvalue weighted by atomic mass is 10.2. The molecule has 3 amide bonds. The van der Waals surface area contributed by atoms with E-state index < -0.39 is 17.9 Å². The molecule has 2 aromatic heterocycles. The van der Waals surface area contributed by atoms with Crippen LogP contribution in [0.2, 0.25) is 0 Å². The Morgan fingerprint density at radius 1 is 1.31 bits per heavy atom. The van der Waals surface area contributed by atoms with E-state index in [9.17, 15) is 14.4 Å². The Morgan fingerprint density at radius 3 is 2.81 bits per heavy atom. The third-order valence-corrected chi connectivity index (χ3v) is 3.61. The first kappa shape index (κ1) is 17.3. The summed E-state index contributed by atoms with van der Waals surface area (Å²) < 4.78 is 15.0. The Balaban J connectivity index is 1.73. The van der Waals surface area contributed by atoms with Crippen molar-refractivity contribution < 1.29 is 28.0 Å². The van der Waals surface area contributed by atoms with Gasteiger partial charge >= 0.3 is 12.0 Å². The highest BCUT2D eigenvalue weighted by atomic mass is 16.5. The van der Waals surface area contributed by atoms with E-state index in [1.807, 2.05) is 0 Å². The molecule has 3 heterocycles. The molecule has 134 valence electrons. The molecule has 8 nitrogen and oxygen atoms in total. The van der Waals surface area contributed by atoms with Gasteiger partial charge in [-0.05, 0) is 48.9 Å². The lowest BCUT2D eigenvalue weighted by Gasteiger charge is -2.09. The molecule has 8 heteroatoms. The zero-order valence-corrected chi connectivity index (χ0v) is 14.1. The van der Waals surface area contributed by atoms with E-state index in [-0.39, 0.29) is 23.8 Å². The zero-order chi connectivity index (χ0) is 18.7. The van der Waals surface area contributed by atoms with Crippen LogP contribution in [0.15, 0.2) is 56.7 Å². The van der Waals surface area contributed by atoms with Crippen molar-refractivity contribution in [2.24, 2.45) is 0 Å². The van der Waals surface area contributed by atoms with E-state index >= 15 is 0 Å². The third kappa shape index (κ3) is 3.59. The van der Waals surface area contributed by atoms with Gasteiger partial charge in [0.25, 0.3) is 5.91 Å². The van der Waals surface area contributed by atoms with Crippen molar-refractivity contribution in [3.8, 4) is 0 Å². The zero-order valence-electron chi connectivity index (χ0n) is 14.1. The maximum atomic E-state index is 12.4. The second-order valence-electron chi connectivity index (χ2n) is 5.54. The predicted molar refractivity (Wildman–Crippen MR) is 89.6 cm³/mol. The molecule has 0 radical (unpaired) electrons. The van der Waals surface area contributed by atoms with Gasteiger partial charge in [-0.3, -0.25) is 9.69 Å². The summed E-state index contributed by atoms with van der Waals surface area (Å²) in [4.78, 5) is 36.9. The molecule has 26 heavy (non-hydrogen) atoms. The summed E-state index contributed by atoms with van der Waals surface area (Å²) in [7, 11) is 1.23. The normalized spacial score (nSPS) is 16.3. The van der Waals surface area contributed by atoms with E-state index in [1.54, 1.807) is 37.5 Å². The van der Waals surface area contributed by atoms with Crippen molar-refractivity contribution in [1.29, 1.82) is 0 Å². The molecule has 1 aliphatic heterocycles. The molecule has 0 aliphatic carbocycles. The second-order valence-corrected chi connectivity index (χ2v) is 5.54. The Bertz CT molecular complexity index is 904. The summed E-state index contributed by atoms with van der Waals surface area (Å²) in [5.41, 5.74) is 0.881. The lowest BCUT2D eigenvalue weighted by molar-refractivity contribution is -0.123. The number of nitrogens with zero attached hydrogens (tertiary/aromatic N) is 1. The Labute approximate surface area is 148 Å². The number of methoxy groups -OCH3 is 1. The van der Waals surface area contributed by atoms with Gasteiger partial charge in [-0.1, -0.05) is 0 Å². The smallest absolute Gasteiger partial charge is 0.373 e. The number of furan rings is 2. The summed E-state index contributed by atoms with van der Waals surface area (Å²) in [6.07, 6.45) is 4.84. The molecule has 1 N–H and O–H groups in total. The highest BCUT2D eigenvalue weighted by Gasteiger charge is 2.34. The number of carbonyl (C=O) groups excluding carboxylic acids is 3. The molecule has 1 aliphatic rings. The van der Waals surface area contributed by atoms with Crippen LogP contribution in [0.25, 0.3) is 6.08 Å². The number of amides is 3. The fraction of sp³-hybridized carbons (Fsp3) is 0.167. The van der Waals surface area contributed by atoms with Crippen LogP contribution in [0.4, 0.5) is 4.79 Å². The number of allylic oxidation sites excluding steroid dienone is 2. The number of esters is 1. The number of nitrogens with one attached hydrogen (secondary N) is 1. The Morgan fingerprint density at radius 2 is 2.12 bits per heavy atom. The van der Waals surface area contributed by atoms with Gasteiger partial charge in [0.2, 0.25) is 5.76 Å². The van der Waals surface area contributed by atoms with E-state index in [1.165, 1.54) is 19.2 Å². The Kier molecular flexibility index (Phi) is 4.74. The van der Waals surface area contributed by atoms with Gasteiger partial charge in [0, 0.05) is 0 Å². The molecule has 0 unspecified atom stereocenters. The fourth-order valence-corrected chi connectivity index (χ4v) is 2.41. The minimum Gasteiger partial charge on any atom is -0.465 e. The van der Waals surface area contributed by atoms with Gasteiger partial charge < -0.3 is 18.9 Å². The van der Waals surface area contributed by atoms with E-state index in [0.29, 0.717) is 5.76 Å². The summed E-state index contributed by atoms with van der Waals surface area (Å²) in [6.45, 7) is 1.69. The highest BCUT2D eigenvalue weighted by molar-refractivity contribution is 6.11. The molecule has 1 fully saturated rings. The SMILES string of the molecule is COC(=O)c1ccc(CN2C(=O)N/C(=C\C(C)=C\c3ccco3)C2=O)o1. The summed E-state index contributed by atoms with van der Waals surface area (Å²) in [5.74, 6) is -0.189. The van der Waals surface area contributed by atoms with Gasteiger partial charge in [0.15, 0.2) is 0 Å². The molecule has 0 atom stereocenters. The number of urea groups is 1. The number of rotatable bonds is 5. The van der Waals surface area contributed by atoms with Crippen LogP contribution in [-0.4, -0.2) is 29.9 Å². The van der Waals surface area contributed by atoms with Crippen LogP contribution in [-0.2, 0) is 16.1 Å². The molecular weight excluding hydrogens is 340 g/mol. The summed E-state index contributed by atoms with van der Waals surface area (Å²) >= 11 is 0. The number of hydrogen-bond acceptors (Lipinski definition) is 6. The predicted octanol–water partition coefficient (Wildman–Crippen LogP) is 2.70. The van der Waals surface area contributed by atoms with Crippen molar-refractivity contribution >= 4 is 24.0 Å². The van der Waals surface area contributed by atoms with Crippen molar-refractivity contribution in [3.63, 3.8) is 0 Å². The summed E-state index contributed by atoms with van der Waals surface area (Å²) in [5, 5.41) is 2.52. The standard InChI is InChI=1S/C18H16N2O6/c1-11(8-12-4-3-7-25-12)9-14-16(21)20(18(23)19-14)10-13-5-6-15(26-13)17(22)24-2/h3-9H,10H2,1-2H3,(H,19,23)/b11-8+,14-9-. The van der Waals surface area contributed by atoms with Gasteiger partial charge in [-0.2, -0.15) is 0 Å². The van der Waals surface area contributed by atoms with Gasteiger partial charge in [0.1, 0.15) is 17.2 Å². The molecule has 2 aromatic rings. The molecule has 0 saturated carbocycles. The minimum absolute atomic E-state index is 0.00236. The summed E-state index contributed by atoms with van der Waals surface area (Å²) in [6, 6.07) is 5.90. The number of ether oxygens (including phenoxy) is 1. The average Bonchev–Trinajstić information content (AvgIpc) is 3.33. The van der Waals surface area contributed by atoms with E-state index in [2.05, 4.69) is 10.1 Å². The molecule has 1 saturated heterocycles. The number of hydrogen-bond donors (Lipinski definition) is 1. The Hall–Kier alpha value is -3.55. The van der Waals surface area contributed by atoms with Crippen LogP contribution < -0.4 is 5.32 Å². The topological polar surface area (TPSA) is 102 Å². The van der Waals surface area contributed by atoms with Gasteiger partial charge in [0.05, 0.1) is 19.9 Å². The molecule has 0 aromatic carbocycles. The highest BCUT2D eigenvalue weighted by Crippen LogP contribution is 2.18. The lowest BCUT2D eigenvalue weighted by Crippen LogP contribution is -2.30. The number of carbonyl (C=O) groups is 3. The maximum Gasteiger partial charge on any atom is 0.373 e. The van der Waals surface area contributed by atoms with Gasteiger partial charge in [-0.15, -0.1) is 0 Å². The minimum atomic E-state index is -0.632. The monoisotopic (exact) mass is 356 g/mol. The van der Waals surface area contributed by atoms with Crippen LogP contribution in [0.1, 0.15) is 29.0 Å². The molecular formula is C18H16N2O6. The molecule has 0 spiro atoms. The molecule has 3 rings (SSSR count). The van der Waals surface area contributed by atoms with Crippen LogP contribution in [0.5, 0.6) is 0 Å². The fourth-order valence-electron chi connectivity index (χ4n) is 2.41. The average molecular weight is 356 g/mol.